The first-order valence-corrected chi connectivity index (χ1v) is 6.17. The first-order chi connectivity index (χ1) is 9.99. The average Bonchev–Trinajstić information content (AvgIpc) is 2.45. The van der Waals surface area contributed by atoms with E-state index in [9.17, 15) is 18.4 Å². The largest absolute Gasteiger partial charge is 0.272 e. The maximum Gasteiger partial charge on any atom is 0.272 e. The van der Waals surface area contributed by atoms with Crippen LogP contribution in [0.25, 0.3) is 0 Å². The Labute approximate surface area is 123 Å². The van der Waals surface area contributed by atoms with Crippen molar-refractivity contribution in [2.24, 2.45) is 0 Å². The summed E-state index contributed by atoms with van der Waals surface area (Å²) in [7, 11) is 0. The number of rotatable bonds is 2. The Morgan fingerprint density at radius 3 is 2.14 bits per heavy atom. The van der Waals surface area contributed by atoms with E-state index in [4.69, 9.17) is 11.6 Å². The van der Waals surface area contributed by atoms with Gasteiger partial charge in [-0.25, -0.2) is 8.78 Å². The van der Waals surface area contributed by atoms with E-state index in [1.54, 1.807) is 0 Å². The summed E-state index contributed by atoms with van der Waals surface area (Å²) < 4.78 is 26.2. The van der Waals surface area contributed by atoms with Crippen LogP contribution in [0.2, 0.25) is 5.02 Å². The van der Waals surface area contributed by atoms with Crippen LogP contribution < -0.4 is 10.9 Å². The maximum absolute atomic E-state index is 13.4. The van der Waals surface area contributed by atoms with Crippen LogP contribution >= 0.6 is 11.6 Å². The van der Waals surface area contributed by atoms with Gasteiger partial charge in [0.1, 0.15) is 11.6 Å². The van der Waals surface area contributed by atoms with Gasteiger partial charge in [0, 0.05) is 0 Å². The number of carbonyl (C=O) groups excluding carboxylic acids is 2. The minimum Gasteiger partial charge on any atom is -0.267 e. The Morgan fingerprint density at radius 1 is 0.905 bits per heavy atom. The normalized spacial score (nSPS) is 10.0. The molecule has 0 aromatic heterocycles. The molecule has 0 spiro atoms. The molecule has 0 saturated heterocycles. The van der Waals surface area contributed by atoms with Crippen LogP contribution in [0.5, 0.6) is 0 Å². The van der Waals surface area contributed by atoms with Gasteiger partial charge >= 0.3 is 0 Å². The van der Waals surface area contributed by atoms with Crippen LogP contribution in [0, 0.1) is 11.6 Å². The van der Waals surface area contributed by atoms with Crippen molar-refractivity contribution in [2.75, 3.05) is 0 Å². The fourth-order valence-electron chi connectivity index (χ4n) is 1.57. The van der Waals surface area contributed by atoms with E-state index < -0.39 is 23.4 Å². The summed E-state index contributed by atoms with van der Waals surface area (Å²) in [5, 5.41) is -0.104. The molecule has 0 fully saturated rings. The lowest BCUT2D eigenvalue weighted by Crippen LogP contribution is -2.42. The summed E-state index contributed by atoms with van der Waals surface area (Å²) in [6, 6.07) is 8.49. The van der Waals surface area contributed by atoms with Crippen LogP contribution in [0.15, 0.2) is 42.5 Å². The second-order valence-corrected chi connectivity index (χ2v) is 4.42. The van der Waals surface area contributed by atoms with Crippen molar-refractivity contribution in [3.8, 4) is 0 Å². The third kappa shape index (κ3) is 3.55. The topological polar surface area (TPSA) is 58.2 Å². The molecule has 0 radical (unpaired) electrons. The fraction of sp³-hybridized carbons (Fsp3) is 0. The molecule has 0 heterocycles. The monoisotopic (exact) mass is 310 g/mol. The zero-order chi connectivity index (χ0) is 15.4. The van der Waals surface area contributed by atoms with Crippen molar-refractivity contribution in [3.63, 3.8) is 0 Å². The van der Waals surface area contributed by atoms with Gasteiger partial charge in [-0.1, -0.05) is 23.7 Å². The summed E-state index contributed by atoms with van der Waals surface area (Å²) in [5.41, 5.74) is 3.88. The Kier molecular flexibility index (Phi) is 4.49. The van der Waals surface area contributed by atoms with Gasteiger partial charge in [-0.05, 0) is 30.3 Å². The molecule has 0 atom stereocenters. The predicted molar refractivity (Wildman–Crippen MR) is 72.7 cm³/mol. The summed E-state index contributed by atoms with van der Waals surface area (Å²) in [5.74, 6) is -2.87. The van der Waals surface area contributed by atoms with E-state index in [0.29, 0.717) is 0 Å². The molecule has 4 nitrogen and oxygen atoms in total. The van der Waals surface area contributed by atoms with Crippen molar-refractivity contribution < 1.29 is 18.4 Å². The van der Waals surface area contributed by atoms with Gasteiger partial charge in [0.2, 0.25) is 0 Å². The second kappa shape index (κ2) is 6.32. The van der Waals surface area contributed by atoms with Gasteiger partial charge in [0.25, 0.3) is 11.8 Å². The lowest BCUT2D eigenvalue weighted by Gasteiger charge is -2.09. The van der Waals surface area contributed by atoms with E-state index in [1.807, 2.05) is 5.43 Å². The van der Waals surface area contributed by atoms with Crippen LogP contribution in [-0.4, -0.2) is 11.8 Å². The number of hydrogen-bond acceptors (Lipinski definition) is 2. The lowest BCUT2D eigenvalue weighted by atomic mass is 10.2. The Bertz CT molecular complexity index is 707. The first kappa shape index (κ1) is 14.9. The van der Waals surface area contributed by atoms with Gasteiger partial charge in [-0.2, -0.15) is 0 Å². The molecule has 108 valence electrons. The highest BCUT2D eigenvalue weighted by atomic mass is 35.5. The molecule has 0 bridgehead atoms. The predicted octanol–water partition coefficient (Wildman–Crippen LogP) is 2.69. The molecular formula is C14H9ClF2N2O2. The number of benzene rings is 2. The number of amides is 2. The van der Waals surface area contributed by atoms with Crippen LogP contribution in [0.3, 0.4) is 0 Å². The summed E-state index contributed by atoms with van der Waals surface area (Å²) in [6.45, 7) is 0. The summed E-state index contributed by atoms with van der Waals surface area (Å²) in [6.07, 6.45) is 0. The maximum atomic E-state index is 13.4. The van der Waals surface area contributed by atoms with Crippen molar-refractivity contribution in [3.05, 3.63) is 70.2 Å². The van der Waals surface area contributed by atoms with E-state index >= 15 is 0 Å². The molecular weight excluding hydrogens is 302 g/mol. The molecule has 0 aliphatic heterocycles. The Hall–Kier alpha value is -2.47. The molecule has 2 amide bonds. The highest BCUT2D eigenvalue weighted by Gasteiger charge is 2.14. The molecule has 21 heavy (non-hydrogen) atoms. The third-order valence-electron chi connectivity index (χ3n) is 2.58. The molecule has 0 unspecified atom stereocenters. The molecule has 2 aromatic rings. The number of carbonyl (C=O) groups is 2. The van der Waals surface area contributed by atoms with Gasteiger partial charge in [0.05, 0.1) is 16.1 Å². The summed E-state index contributed by atoms with van der Waals surface area (Å²) >= 11 is 5.71. The fourth-order valence-corrected chi connectivity index (χ4v) is 1.82. The van der Waals surface area contributed by atoms with Crippen molar-refractivity contribution in [1.29, 1.82) is 0 Å². The van der Waals surface area contributed by atoms with Gasteiger partial charge < -0.3 is 0 Å². The Morgan fingerprint density at radius 2 is 1.52 bits per heavy atom. The van der Waals surface area contributed by atoms with E-state index in [0.717, 1.165) is 18.2 Å². The number of hydrogen-bond donors (Lipinski definition) is 2. The minimum atomic E-state index is -0.820. The third-order valence-corrected chi connectivity index (χ3v) is 2.90. The molecule has 0 saturated carbocycles. The quantitative estimate of drug-likeness (QED) is 0.838. The van der Waals surface area contributed by atoms with E-state index in [2.05, 4.69) is 5.43 Å². The highest BCUT2D eigenvalue weighted by molar-refractivity contribution is 6.33. The molecule has 2 aromatic carbocycles. The van der Waals surface area contributed by atoms with Crippen LogP contribution in [0.1, 0.15) is 20.7 Å². The Balaban J connectivity index is 2.04. The zero-order valence-electron chi connectivity index (χ0n) is 10.5. The number of nitrogens with one attached hydrogen (secondary N) is 2. The molecule has 2 rings (SSSR count). The molecule has 0 aliphatic rings. The number of hydrazine groups is 1. The van der Waals surface area contributed by atoms with Gasteiger partial charge in [-0.3, -0.25) is 20.4 Å². The van der Waals surface area contributed by atoms with E-state index in [-0.39, 0.29) is 16.1 Å². The molecule has 2 N–H and O–H groups in total. The summed E-state index contributed by atoms with van der Waals surface area (Å²) in [4.78, 5) is 23.5. The van der Waals surface area contributed by atoms with Crippen molar-refractivity contribution >= 4 is 23.4 Å². The average molecular weight is 311 g/mol. The highest BCUT2D eigenvalue weighted by Crippen LogP contribution is 2.16. The molecule has 0 aliphatic carbocycles. The van der Waals surface area contributed by atoms with Crippen LogP contribution in [0.4, 0.5) is 8.78 Å². The first-order valence-electron chi connectivity index (χ1n) is 5.79. The van der Waals surface area contributed by atoms with Gasteiger partial charge in [0.15, 0.2) is 0 Å². The zero-order valence-corrected chi connectivity index (χ0v) is 11.2. The van der Waals surface area contributed by atoms with Crippen LogP contribution in [-0.2, 0) is 0 Å². The van der Waals surface area contributed by atoms with Crippen molar-refractivity contribution in [2.45, 2.75) is 0 Å². The lowest BCUT2D eigenvalue weighted by molar-refractivity contribution is 0.0844. The molecule has 7 heteroatoms. The smallest absolute Gasteiger partial charge is 0.267 e. The van der Waals surface area contributed by atoms with Gasteiger partial charge in [-0.15, -0.1) is 0 Å². The minimum absolute atomic E-state index is 0.0214. The second-order valence-electron chi connectivity index (χ2n) is 4.01. The van der Waals surface area contributed by atoms with E-state index in [1.165, 1.54) is 24.3 Å². The standard InChI is InChI=1S/C14H9ClF2N2O2/c15-11-7-8(16)5-6-9(11)13(20)18-19-14(21)10-3-1-2-4-12(10)17/h1-7H,(H,18,20)(H,19,21). The van der Waals surface area contributed by atoms with Crippen molar-refractivity contribution in [1.82, 2.24) is 10.9 Å². The number of halogens is 3. The SMILES string of the molecule is O=C(NNC(=O)c1ccc(F)cc1Cl)c1ccccc1F.